The van der Waals surface area contributed by atoms with Crippen molar-refractivity contribution >= 4 is 0 Å². The number of hydrogen-bond acceptors (Lipinski definition) is 5. The number of hydrogen-bond donors (Lipinski definition) is 1. The fourth-order valence-electron chi connectivity index (χ4n) is 9.00. The highest BCUT2D eigenvalue weighted by Crippen LogP contribution is 2.43. The number of aliphatic hydroxyl groups excluding tert-OH is 1. The van der Waals surface area contributed by atoms with Crippen LogP contribution in [0.5, 0.6) is 0 Å². The lowest BCUT2D eigenvalue weighted by Gasteiger charge is -2.38. The molecule has 322 valence electrons. The van der Waals surface area contributed by atoms with Crippen molar-refractivity contribution in [3.8, 4) is 0 Å². The maximum atomic E-state index is 12.9. The Labute approximate surface area is 382 Å². The molecule has 0 aliphatic rings. The van der Waals surface area contributed by atoms with Crippen molar-refractivity contribution in [1.29, 1.82) is 0 Å². The van der Waals surface area contributed by atoms with Gasteiger partial charge in [0.25, 0.3) is 0 Å². The van der Waals surface area contributed by atoms with Gasteiger partial charge in [0.2, 0.25) is 0 Å². The van der Waals surface area contributed by atoms with Crippen molar-refractivity contribution in [2.24, 2.45) is 0 Å². The molecule has 9 rings (SSSR count). The summed E-state index contributed by atoms with van der Waals surface area (Å²) in [5.41, 5.74) is 6.63. The number of aliphatic hydroxyl groups is 1. The summed E-state index contributed by atoms with van der Waals surface area (Å²) in [5.74, 6) is 0. The minimum atomic E-state index is -1.19. The summed E-state index contributed by atoms with van der Waals surface area (Å²) in [7, 11) is 0. The highest BCUT2D eigenvalue weighted by Gasteiger charge is 2.43. The van der Waals surface area contributed by atoms with E-state index < -0.39 is 29.5 Å². The maximum Gasteiger partial charge on any atom is 0.143 e. The first-order valence-corrected chi connectivity index (χ1v) is 22.2. The first kappa shape index (κ1) is 43.1. The van der Waals surface area contributed by atoms with E-state index in [-0.39, 0.29) is 19.8 Å². The highest BCUT2D eigenvalue weighted by molar-refractivity contribution is 5.51. The molecule has 1 heterocycles. The van der Waals surface area contributed by atoms with Crippen molar-refractivity contribution in [2.75, 3.05) is 6.61 Å². The summed E-state index contributed by atoms with van der Waals surface area (Å²) in [6, 6.07) is 82.2. The molecule has 1 aromatic heterocycles. The molecule has 0 radical (unpaired) electrons. The maximum absolute atomic E-state index is 12.9. The lowest BCUT2D eigenvalue weighted by Crippen LogP contribution is -2.43. The van der Waals surface area contributed by atoms with Crippen LogP contribution in [0.15, 0.2) is 255 Å². The van der Waals surface area contributed by atoms with Gasteiger partial charge in [-0.15, -0.1) is 0 Å². The average molecular weight is 853 g/mol. The Morgan fingerprint density at radius 2 is 0.769 bits per heavy atom. The quantitative estimate of drug-likeness (QED) is 0.0821. The van der Waals surface area contributed by atoms with E-state index >= 15 is 0 Å². The van der Waals surface area contributed by atoms with E-state index in [0.717, 1.165) is 44.5 Å². The number of aromatic nitrogens is 2. The molecule has 0 saturated heterocycles. The van der Waals surface area contributed by atoms with Crippen molar-refractivity contribution in [2.45, 2.75) is 42.7 Å². The summed E-state index contributed by atoms with van der Waals surface area (Å²) >= 11 is 0. The number of benzene rings is 8. The molecule has 6 heteroatoms. The first-order valence-electron chi connectivity index (χ1n) is 22.2. The average Bonchev–Trinajstić information content (AvgIpc) is 3.88. The monoisotopic (exact) mass is 852 g/mol. The van der Waals surface area contributed by atoms with Gasteiger partial charge in [0.15, 0.2) is 0 Å². The largest absolute Gasteiger partial charge is 0.388 e. The van der Waals surface area contributed by atoms with Gasteiger partial charge in [0.1, 0.15) is 29.5 Å². The smallest absolute Gasteiger partial charge is 0.143 e. The zero-order valence-electron chi connectivity index (χ0n) is 36.2. The fourth-order valence-corrected chi connectivity index (χ4v) is 9.00. The minimum absolute atomic E-state index is 0.105. The fraction of sp³-hybridized carbons (Fsp3) is 0.136. The molecule has 9 aromatic rings. The number of nitrogens with zero attached hydrogens (tertiary/aromatic N) is 2. The molecule has 0 aliphatic carbocycles. The van der Waals surface area contributed by atoms with Crippen molar-refractivity contribution in [3.05, 3.63) is 305 Å². The zero-order chi connectivity index (χ0) is 44.2. The van der Waals surface area contributed by atoms with E-state index in [1.54, 1.807) is 0 Å². The van der Waals surface area contributed by atoms with Crippen LogP contribution >= 0.6 is 0 Å². The van der Waals surface area contributed by atoms with Gasteiger partial charge in [-0.25, -0.2) is 4.98 Å². The summed E-state index contributed by atoms with van der Waals surface area (Å²) in [6.45, 7) is 0.365. The molecule has 0 amide bonds. The Kier molecular flexibility index (Phi) is 13.6. The Balaban J connectivity index is 1.17. The summed E-state index contributed by atoms with van der Waals surface area (Å²) in [6.07, 6.45) is 0.948. The minimum Gasteiger partial charge on any atom is -0.388 e. The first-order chi connectivity index (χ1) is 32.2. The van der Waals surface area contributed by atoms with Crippen molar-refractivity contribution < 1.29 is 19.3 Å². The lowest BCUT2D eigenvalue weighted by atomic mass is 9.77. The molecule has 0 fully saturated rings. The Bertz CT molecular complexity index is 2580. The van der Waals surface area contributed by atoms with Gasteiger partial charge in [-0.05, 0) is 44.5 Å². The van der Waals surface area contributed by atoms with Crippen LogP contribution in [0.25, 0.3) is 0 Å². The van der Waals surface area contributed by atoms with E-state index in [1.165, 1.54) is 0 Å². The molecule has 6 nitrogen and oxygen atoms in total. The number of rotatable bonds is 19. The normalized spacial score (nSPS) is 13.2. The molecule has 1 N–H and O–H groups in total. The molecule has 65 heavy (non-hydrogen) atoms. The lowest BCUT2D eigenvalue weighted by molar-refractivity contribution is -0.159. The van der Waals surface area contributed by atoms with E-state index in [4.69, 9.17) is 19.2 Å². The topological polar surface area (TPSA) is 65.7 Å². The third-order valence-electron chi connectivity index (χ3n) is 12.1. The van der Waals surface area contributed by atoms with Gasteiger partial charge >= 0.3 is 0 Å². The van der Waals surface area contributed by atoms with E-state index in [2.05, 4.69) is 120 Å². The summed E-state index contributed by atoms with van der Waals surface area (Å²) in [5, 5.41) is 12.9. The molecule has 0 unspecified atom stereocenters. The predicted molar refractivity (Wildman–Crippen MR) is 257 cm³/mol. The van der Waals surface area contributed by atoms with Gasteiger partial charge in [-0.1, -0.05) is 243 Å². The summed E-state index contributed by atoms with van der Waals surface area (Å²) < 4.78 is 23.3. The Hall–Kier alpha value is -7.19. The van der Waals surface area contributed by atoms with Crippen LogP contribution < -0.4 is 0 Å². The van der Waals surface area contributed by atoms with Crippen LogP contribution in [-0.2, 0) is 38.6 Å². The molecule has 8 aromatic carbocycles. The molecule has 0 aliphatic heterocycles. The Morgan fingerprint density at radius 1 is 0.431 bits per heavy atom. The van der Waals surface area contributed by atoms with Crippen LogP contribution in [0.2, 0.25) is 0 Å². The van der Waals surface area contributed by atoms with Crippen LogP contribution in [-0.4, -0.2) is 33.5 Å². The molecule has 3 atom stereocenters. The standard InChI is InChI=1S/C59H52N2O4/c62-55(44-65-59(51-35-19-6-20-36-51,52-37-21-7-22-38-52)53-39-23-8-24-40-53)57(64-43-47-27-11-2-12-28-47)56(63-42-46-25-9-1-10-26-46)54-41-61(45-60-54)58(48-29-13-3-14-30-48,49-31-15-4-16-32-49)50-33-17-5-18-34-50/h1-41,45,55-57,62H,42-44H2/t55-,56-,57-/m1/s1. The SMILES string of the molecule is O[C@H](COC(c1ccccc1)(c1ccccc1)c1ccccc1)[C@@H](OCc1ccccc1)[C@H](OCc1ccccc1)c1cn(C(c2ccccc2)(c2ccccc2)c2ccccc2)cn1. The van der Waals surface area contributed by atoms with Crippen molar-refractivity contribution in [1.82, 2.24) is 9.55 Å². The second-order valence-corrected chi connectivity index (χ2v) is 16.2. The molecule has 0 bridgehead atoms. The van der Waals surface area contributed by atoms with Gasteiger partial charge in [0.05, 0.1) is 31.8 Å². The molecule has 0 spiro atoms. The highest BCUT2D eigenvalue weighted by atomic mass is 16.6. The second-order valence-electron chi connectivity index (χ2n) is 16.2. The van der Waals surface area contributed by atoms with Crippen LogP contribution in [0, 0.1) is 0 Å². The van der Waals surface area contributed by atoms with Crippen LogP contribution in [0.4, 0.5) is 0 Å². The van der Waals surface area contributed by atoms with Gasteiger partial charge in [-0.3, -0.25) is 0 Å². The van der Waals surface area contributed by atoms with E-state index in [9.17, 15) is 5.11 Å². The Morgan fingerprint density at radius 3 is 1.15 bits per heavy atom. The molecule has 0 saturated carbocycles. The van der Waals surface area contributed by atoms with Crippen LogP contribution in [0.1, 0.15) is 56.3 Å². The summed E-state index contributed by atoms with van der Waals surface area (Å²) in [4.78, 5) is 5.19. The molecular formula is C59H52N2O4. The van der Waals surface area contributed by atoms with Crippen molar-refractivity contribution in [3.63, 3.8) is 0 Å². The number of imidazole rings is 1. The third kappa shape index (κ3) is 9.25. The zero-order valence-corrected chi connectivity index (χ0v) is 36.2. The van der Waals surface area contributed by atoms with E-state index in [0.29, 0.717) is 5.69 Å². The van der Waals surface area contributed by atoms with Crippen LogP contribution in [0.3, 0.4) is 0 Å². The molecular weight excluding hydrogens is 801 g/mol. The van der Waals surface area contributed by atoms with Gasteiger partial charge in [0, 0.05) is 6.20 Å². The van der Waals surface area contributed by atoms with Gasteiger partial charge in [-0.2, -0.15) is 0 Å². The third-order valence-corrected chi connectivity index (χ3v) is 12.1. The van der Waals surface area contributed by atoms with Gasteiger partial charge < -0.3 is 23.9 Å². The van der Waals surface area contributed by atoms with E-state index in [1.807, 2.05) is 140 Å². The number of ether oxygens (including phenoxy) is 3. The second kappa shape index (κ2) is 20.5. The predicted octanol–water partition coefficient (Wildman–Crippen LogP) is 11.9.